The lowest BCUT2D eigenvalue weighted by atomic mass is 10.0. The molecule has 0 aliphatic heterocycles. The zero-order valence-corrected chi connectivity index (χ0v) is 10.9. The Hall–Kier alpha value is -1.39. The molecular formula is C12H7BrClNO2. The highest BCUT2D eigenvalue weighted by molar-refractivity contribution is 9.10. The quantitative estimate of drug-likeness (QED) is 0.597. The Labute approximate surface area is 111 Å². The minimum Gasteiger partial charge on any atom is -0.258 e. The fourth-order valence-corrected chi connectivity index (χ4v) is 2.11. The number of hydrogen-bond acceptors (Lipinski definition) is 2. The van der Waals surface area contributed by atoms with Crippen LogP contribution in [0.5, 0.6) is 0 Å². The van der Waals surface area contributed by atoms with Crippen molar-refractivity contribution in [3.8, 4) is 11.1 Å². The Kier molecular flexibility index (Phi) is 3.45. The van der Waals surface area contributed by atoms with Crippen LogP contribution in [-0.4, -0.2) is 4.92 Å². The second-order valence-electron chi connectivity index (χ2n) is 3.43. The highest BCUT2D eigenvalue weighted by Gasteiger charge is 2.15. The molecule has 0 unspecified atom stereocenters. The molecule has 0 spiro atoms. The summed E-state index contributed by atoms with van der Waals surface area (Å²) in [6.45, 7) is 0. The first kappa shape index (κ1) is 12.1. The van der Waals surface area contributed by atoms with Gasteiger partial charge in [-0.3, -0.25) is 10.1 Å². The summed E-state index contributed by atoms with van der Waals surface area (Å²) in [7, 11) is 0. The molecule has 2 rings (SSSR count). The maximum absolute atomic E-state index is 10.9. The normalized spacial score (nSPS) is 10.2. The second kappa shape index (κ2) is 4.85. The van der Waals surface area contributed by atoms with Gasteiger partial charge in [-0.25, -0.2) is 0 Å². The van der Waals surface area contributed by atoms with Crippen molar-refractivity contribution < 1.29 is 4.92 Å². The van der Waals surface area contributed by atoms with Crippen molar-refractivity contribution in [3.05, 3.63) is 62.1 Å². The van der Waals surface area contributed by atoms with Gasteiger partial charge in [0.2, 0.25) is 0 Å². The van der Waals surface area contributed by atoms with Crippen molar-refractivity contribution >= 4 is 33.2 Å². The van der Waals surface area contributed by atoms with E-state index in [9.17, 15) is 10.1 Å². The molecule has 0 heterocycles. The van der Waals surface area contributed by atoms with Crippen molar-refractivity contribution in [3.63, 3.8) is 0 Å². The maximum Gasteiger partial charge on any atom is 0.277 e. The van der Waals surface area contributed by atoms with Gasteiger partial charge in [-0.05, 0) is 29.8 Å². The van der Waals surface area contributed by atoms with Crippen molar-refractivity contribution in [1.29, 1.82) is 0 Å². The molecule has 0 bridgehead atoms. The highest BCUT2D eigenvalue weighted by atomic mass is 79.9. The van der Waals surface area contributed by atoms with Crippen LogP contribution in [0, 0.1) is 10.1 Å². The molecule has 0 fully saturated rings. The molecular weight excluding hydrogens is 305 g/mol. The lowest BCUT2D eigenvalue weighted by Crippen LogP contribution is -1.91. The topological polar surface area (TPSA) is 43.1 Å². The van der Waals surface area contributed by atoms with E-state index in [1.165, 1.54) is 6.07 Å². The Morgan fingerprint density at radius 2 is 1.94 bits per heavy atom. The average molecular weight is 313 g/mol. The summed E-state index contributed by atoms with van der Waals surface area (Å²) >= 11 is 9.19. The number of nitro groups is 1. The summed E-state index contributed by atoms with van der Waals surface area (Å²) in [5.74, 6) is 0. The Morgan fingerprint density at radius 3 is 2.59 bits per heavy atom. The van der Waals surface area contributed by atoms with E-state index in [2.05, 4.69) is 15.9 Å². The summed E-state index contributed by atoms with van der Waals surface area (Å²) in [6.07, 6.45) is 0. The van der Waals surface area contributed by atoms with Crippen molar-refractivity contribution in [2.24, 2.45) is 0 Å². The van der Waals surface area contributed by atoms with Gasteiger partial charge in [0, 0.05) is 15.6 Å². The van der Waals surface area contributed by atoms with Gasteiger partial charge in [-0.1, -0.05) is 39.7 Å². The second-order valence-corrected chi connectivity index (χ2v) is 4.78. The molecule has 0 aliphatic rings. The predicted molar refractivity (Wildman–Crippen MR) is 71.2 cm³/mol. The first-order valence-electron chi connectivity index (χ1n) is 4.78. The predicted octanol–water partition coefficient (Wildman–Crippen LogP) is 4.68. The largest absolute Gasteiger partial charge is 0.277 e. The van der Waals surface area contributed by atoms with Crippen LogP contribution in [0.1, 0.15) is 0 Å². The number of benzene rings is 2. The molecule has 0 amide bonds. The molecule has 0 saturated heterocycles. The van der Waals surface area contributed by atoms with Gasteiger partial charge in [0.25, 0.3) is 5.69 Å². The van der Waals surface area contributed by atoms with Crippen LogP contribution in [0.2, 0.25) is 5.02 Å². The summed E-state index contributed by atoms with van der Waals surface area (Å²) in [5, 5.41) is 11.5. The highest BCUT2D eigenvalue weighted by Crippen LogP contribution is 2.33. The van der Waals surface area contributed by atoms with Crippen LogP contribution in [0.3, 0.4) is 0 Å². The molecule has 2 aromatic carbocycles. The maximum atomic E-state index is 10.9. The molecule has 0 saturated carbocycles. The molecule has 0 atom stereocenters. The molecule has 5 heteroatoms. The first-order chi connectivity index (χ1) is 8.08. The fourth-order valence-electron chi connectivity index (χ4n) is 1.55. The first-order valence-corrected chi connectivity index (χ1v) is 5.95. The van der Waals surface area contributed by atoms with E-state index in [1.807, 2.05) is 0 Å². The van der Waals surface area contributed by atoms with Gasteiger partial charge in [-0.15, -0.1) is 0 Å². The van der Waals surface area contributed by atoms with Gasteiger partial charge >= 0.3 is 0 Å². The number of nitro benzene ring substituents is 1. The van der Waals surface area contributed by atoms with Crippen LogP contribution in [0.4, 0.5) is 5.69 Å². The summed E-state index contributed by atoms with van der Waals surface area (Å²) in [5.41, 5.74) is 1.34. The van der Waals surface area contributed by atoms with Crippen molar-refractivity contribution in [2.45, 2.75) is 0 Å². The lowest BCUT2D eigenvalue weighted by molar-refractivity contribution is -0.384. The van der Waals surface area contributed by atoms with Gasteiger partial charge in [0.15, 0.2) is 0 Å². The molecule has 0 aromatic heterocycles. The minimum atomic E-state index is -0.400. The van der Waals surface area contributed by atoms with Crippen LogP contribution in [-0.2, 0) is 0 Å². The third kappa shape index (κ3) is 2.65. The third-order valence-corrected chi connectivity index (χ3v) is 3.02. The van der Waals surface area contributed by atoms with Gasteiger partial charge in [0.05, 0.1) is 10.5 Å². The van der Waals surface area contributed by atoms with E-state index >= 15 is 0 Å². The van der Waals surface area contributed by atoms with Gasteiger partial charge in [-0.2, -0.15) is 0 Å². The summed E-state index contributed by atoms with van der Waals surface area (Å²) in [6, 6.07) is 11.8. The molecule has 86 valence electrons. The van der Waals surface area contributed by atoms with Gasteiger partial charge < -0.3 is 0 Å². The van der Waals surface area contributed by atoms with E-state index in [0.717, 1.165) is 10.0 Å². The Morgan fingerprint density at radius 1 is 1.18 bits per heavy atom. The average Bonchev–Trinajstić information content (AvgIpc) is 2.28. The van der Waals surface area contributed by atoms with Crippen molar-refractivity contribution in [2.75, 3.05) is 0 Å². The van der Waals surface area contributed by atoms with Crippen LogP contribution in [0.15, 0.2) is 46.9 Å². The van der Waals surface area contributed by atoms with Crippen LogP contribution in [0.25, 0.3) is 11.1 Å². The van der Waals surface area contributed by atoms with Crippen molar-refractivity contribution in [1.82, 2.24) is 0 Å². The third-order valence-electron chi connectivity index (χ3n) is 2.29. The fraction of sp³-hybridized carbons (Fsp3) is 0. The number of rotatable bonds is 2. The number of hydrogen-bond donors (Lipinski definition) is 0. The van der Waals surface area contributed by atoms with E-state index in [0.29, 0.717) is 10.6 Å². The Balaban J connectivity index is 2.65. The lowest BCUT2D eigenvalue weighted by Gasteiger charge is -2.04. The number of nitrogens with zero attached hydrogens (tertiary/aromatic N) is 1. The van der Waals surface area contributed by atoms with Gasteiger partial charge in [0.1, 0.15) is 0 Å². The van der Waals surface area contributed by atoms with E-state index in [1.54, 1.807) is 36.4 Å². The number of halogens is 2. The molecule has 0 N–H and O–H groups in total. The smallest absolute Gasteiger partial charge is 0.258 e. The van der Waals surface area contributed by atoms with E-state index < -0.39 is 4.92 Å². The molecule has 2 aromatic rings. The van der Waals surface area contributed by atoms with E-state index in [-0.39, 0.29) is 5.69 Å². The molecule has 17 heavy (non-hydrogen) atoms. The Bertz CT molecular complexity index is 586. The summed E-state index contributed by atoms with van der Waals surface area (Å²) in [4.78, 5) is 10.5. The standard InChI is InChI=1S/C12H7BrClNO2/c13-9-4-5-12(15(16)17)11(7-9)8-2-1-3-10(14)6-8/h1-7H. The summed E-state index contributed by atoms with van der Waals surface area (Å²) < 4.78 is 0.790. The molecule has 0 aliphatic carbocycles. The van der Waals surface area contributed by atoms with Crippen LogP contribution >= 0.6 is 27.5 Å². The molecule has 0 radical (unpaired) electrons. The zero-order valence-electron chi connectivity index (χ0n) is 8.56. The van der Waals surface area contributed by atoms with E-state index in [4.69, 9.17) is 11.6 Å². The zero-order chi connectivity index (χ0) is 12.4. The SMILES string of the molecule is O=[N+]([O-])c1ccc(Br)cc1-c1cccc(Cl)c1. The van der Waals surface area contributed by atoms with Crippen LogP contribution < -0.4 is 0 Å². The molecule has 3 nitrogen and oxygen atoms in total. The monoisotopic (exact) mass is 311 g/mol. The minimum absolute atomic E-state index is 0.0652.